The van der Waals surface area contributed by atoms with E-state index in [4.69, 9.17) is 21.1 Å². The fourth-order valence-electron chi connectivity index (χ4n) is 1.62. The summed E-state index contributed by atoms with van der Waals surface area (Å²) < 4.78 is 46.8. The van der Waals surface area contributed by atoms with Crippen molar-refractivity contribution in [1.82, 2.24) is 5.32 Å². The summed E-state index contributed by atoms with van der Waals surface area (Å²) in [5.74, 6) is 0.257. The minimum Gasteiger partial charge on any atom is -0.493 e. The zero-order chi connectivity index (χ0) is 15.2. The summed E-state index contributed by atoms with van der Waals surface area (Å²) in [7, 11) is 1.36. The van der Waals surface area contributed by atoms with Gasteiger partial charge in [-0.1, -0.05) is 18.5 Å². The number of nitrogens with one attached hydrogen (secondary N) is 1. The number of halogens is 4. The molecule has 0 aliphatic rings. The fraction of sp³-hybridized carbons (Fsp3) is 0.538. The van der Waals surface area contributed by atoms with Gasteiger partial charge in [-0.25, -0.2) is 0 Å². The maximum atomic E-state index is 12.3. The normalized spacial score (nSPS) is 11.5. The summed E-state index contributed by atoms with van der Waals surface area (Å²) in [5.41, 5.74) is 0.534. The molecule has 1 rings (SSSR count). The minimum atomic E-state index is -4.40. The van der Waals surface area contributed by atoms with E-state index in [-0.39, 0.29) is 11.5 Å². The molecule has 1 aromatic rings. The second-order valence-electron chi connectivity index (χ2n) is 4.18. The van der Waals surface area contributed by atoms with Crippen molar-refractivity contribution in [1.29, 1.82) is 0 Å². The first-order chi connectivity index (χ1) is 9.37. The van der Waals surface area contributed by atoms with E-state index in [9.17, 15) is 13.2 Å². The first-order valence-corrected chi connectivity index (χ1v) is 6.52. The van der Waals surface area contributed by atoms with Crippen LogP contribution in [0.5, 0.6) is 11.5 Å². The smallest absolute Gasteiger partial charge is 0.422 e. The van der Waals surface area contributed by atoms with Crippen molar-refractivity contribution in [2.24, 2.45) is 0 Å². The SMILES string of the molecule is CCCNCc1cc(Cl)cc(OC)c1OCC(F)(F)F. The largest absolute Gasteiger partial charge is 0.493 e. The Morgan fingerprint density at radius 2 is 2.00 bits per heavy atom. The van der Waals surface area contributed by atoms with Crippen LogP contribution in [0.4, 0.5) is 13.2 Å². The Morgan fingerprint density at radius 3 is 2.55 bits per heavy atom. The maximum absolute atomic E-state index is 12.3. The Kier molecular flexibility index (Phi) is 6.42. The molecule has 0 atom stereocenters. The highest BCUT2D eigenvalue weighted by atomic mass is 35.5. The van der Waals surface area contributed by atoms with Crippen molar-refractivity contribution < 1.29 is 22.6 Å². The zero-order valence-electron chi connectivity index (χ0n) is 11.3. The summed E-state index contributed by atoms with van der Waals surface area (Å²) >= 11 is 5.92. The second kappa shape index (κ2) is 7.59. The lowest BCUT2D eigenvalue weighted by Crippen LogP contribution is -2.21. The van der Waals surface area contributed by atoms with E-state index < -0.39 is 12.8 Å². The van der Waals surface area contributed by atoms with Gasteiger partial charge < -0.3 is 14.8 Å². The van der Waals surface area contributed by atoms with E-state index in [0.717, 1.165) is 13.0 Å². The van der Waals surface area contributed by atoms with E-state index in [1.165, 1.54) is 13.2 Å². The van der Waals surface area contributed by atoms with Gasteiger partial charge in [-0.15, -0.1) is 0 Å². The van der Waals surface area contributed by atoms with Crippen LogP contribution in [0.2, 0.25) is 5.02 Å². The van der Waals surface area contributed by atoms with Crippen molar-refractivity contribution in [3.05, 3.63) is 22.7 Å². The molecule has 1 aromatic carbocycles. The van der Waals surface area contributed by atoms with E-state index in [1.54, 1.807) is 6.07 Å². The third kappa shape index (κ3) is 5.46. The Morgan fingerprint density at radius 1 is 1.30 bits per heavy atom. The van der Waals surface area contributed by atoms with Crippen LogP contribution in [-0.2, 0) is 6.54 Å². The number of alkyl halides is 3. The zero-order valence-corrected chi connectivity index (χ0v) is 12.1. The predicted octanol–water partition coefficient (Wildman–Crippen LogP) is 3.79. The molecule has 0 aliphatic carbocycles. The maximum Gasteiger partial charge on any atom is 0.422 e. The lowest BCUT2D eigenvalue weighted by molar-refractivity contribution is -0.153. The molecule has 0 aromatic heterocycles. The third-order valence-electron chi connectivity index (χ3n) is 2.44. The first kappa shape index (κ1) is 16.9. The Balaban J connectivity index is 2.96. The molecule has 0 saturated heterocycles. The molecule has 0 bridgehead atoms. The van der Waals surface area contributed by atoms with Gasteiger partial charge in [0.15, 0.2) is 18.1 Å². The summed E-state index contributed by atoms with van der Waals surface area (Å²) in [6.07, 6.45) is -3.49. The number of benzene rings is 1. The Bertz CT molecular complexity index is 438. The minimum absolute atomic E-state index is 0.0674. The topological polar surface area (TPSA) is 30.5 Å². The van der Waals surface area contributed by atoms with E-state index in [2.05, 4.69) is 5.32 Å². The van der Waals surface area contributed by atoms with Gasteiger partial charge in [-0.2, -0.15) is 13.2 Å². The molecule has 1 N–H and O–H groups in total. The van der Waals surface area contributed by atoms with E-state index >= 15 is 0 Å². The molecule has 0 aliphatic heterocycles. The number of hydrogen-bond acceptors (Lipinski definition) is 3. The molecule has 0 unspecified atom stereocenters. The average molecular weight is 312 g/mol. The Hall–Kier alpha value is -1.14. The molecule has 0 saturated carbocycles. The van der Waals surface area contributed by atoms with Gasteiger partial charge in [0.25, 0.3) is 0 Å². The second-order valence-corrected chi connectivity index (χ2v) is 4.61. The molecule has 114 valence electrons. The van der Waals surface area contributed by atoms with Crippen molar-refractivity contribution in [2.45, 2.75) is 26.1 Å². The highest BCUT2D eigenvalue weighted by Crippen LogP contribution is 2.35. The standard InChI is InChI=1S/C13H17ClF3NO2/c1-3-4-18-7-9-5-10(14)6-11(19-2)12(9)20-8-13(15,16)17/h5-6,18H,3-4,7-8H2,1-2H3. The fourth-order valence-corrected chi connectivity index (χ4v) is 1.85. The molecule has 3 nitrogen and oxygen atoms in total. The molecule has 0 fully saturated rings. The van der Waals surface area contributed by atoms with Crippen LogP contribution in [0.3, 0.4) is 0 Å². The Labute approximate surface area is 121 Å². The summed E-state index contributed by atoms with van der Waals surface area (Å²) in [6, 6.07) is 3.00. The van der Waals surface area contributed by atoms with E-state index in [1.807, 2.05) is 6.92 Å². The monoisotopic (exact) mass is 311 g/mol. The van der Waals surface area contributed by atoms with Crippen molar-refractivity contribution >= 4 is 11.6 Å². The third-order valence-corrected chi connectivity index (χ3v) is 2.66. The first-order valence-electron chi connectivity index (χ1n) is 6.14. The molecule has 0 amide bonds. The molecular weight excluding hydrogens is 295 g/mol. The number of ether oxygens (including phenoxy) is 2. The number of rotatable bonds is 7. The van der Waals surface area contributed by atoms with Crippen LogP contribution >= 0.6 is 11.6 Å². The van der Waals surface area contributed by atoms with Crippen LogP contribution in [0.15, 0.2) is 12.1 Å². The van der Waals surface area contributed by atoms with Crippen LogP contribution in [0.25, 0.3) is 0 Å². The lowest BCUT2D eigenvalue weighted by atomic mass is 10.1. The number of methoxy groups -OCH3 is 1. The van der Waals surface area contributed by atoms with Gasteiger partial charge in [0.05, 0.1) is 7.11 Å². The molecular formula is C13H17ClF3NO2. The highest BCUT2D eigenvalue weighted by molar-refractivity contribution is 6.30. The summed E-state index contributed by atoms with van der Waals surface area (Å²) in [5, 5.41) is 3.48. The summed E-state index contributed by atoms with van der Waals surface area (Å²) in [6.45, 7) is 1.73. The highest BCUT2D eigenvalue weighted by Gasteiger charge is 2.29. The van der Waals surface area contributed by atoms with Gasteiger partial charge in [0.1, 0.15) is 0 Å². The predicted molar refractivity (Wildman–Crippen MR) is 71.6 cm³/mol. The molecule has 20 heavy (non-hydrogen) atoms. The number of hydrogen-bond donors (Lipinski definition) is 1. The van der Waals surface area contributed by atoms with Gasteiger partial charge in [-0.05, 0) is 19.0 Å². The van der Waals surface area contributed by atoms with Crippen LogP contribution in [0, 0.1) is 0 Å². The van der Waals surface area contributed by atoms with Gasteiger partial charge >= 0.3 is 6.18 Å². The molecule has 7 heteroatoms. The molecule has 0 heterocycles. The van der Waals surface area contributed by atoms with Crippen LogP contribution in [0.1, 0.15) is 18.9 Å². The lowest BCUT2D eigenvalue weighted by Gasteiger charge is -2.17. The van der Waals surface area contributed by atoms with Crippen LogP contribution in [-0.4, -0.2) is 26.4 Å². The quantitative estimate of drug-likeness (QED) is 0.777. The average Bonchev–Trinajstić information content (AvgIpc) is 2.36. The van der Waals surface area contributed by atoms with Crippen molar-refractivity contribution in [3.8, 4) is 11.5 Å². The van der Waals surface area contributed by atoms with Crippen molar-refractivity contribution in [2.75, 3.05) is 20.3 Å². The van der Waals surface area contributed by atoms with Gasteiger partial charge in [-0.3, -0.25) is 0 Å². The van der Waals surface area contributed by atoms with Gasteiger partial charge in [0, 0.05) is 23.2 Å². The molecule has 0 spiro atoms. The van der Waals surface area contributed by atoms with Gasteiger partial charge in [0.2, 0.25) is 0 Å². The van der Waals surface area contributed by atoms with Crippen molar-refractivity contribution in [3.63, 3.8) is 0 Å². The van der Waals surface area contributed by atoms with Crippen LogP contribution < -0.4 is 14.8 Å². The van der Waals surface area contributed by atoms with E-state index in [0.29, 0.717) is 17.1 Å². The molecule has 0 radical (unpaired) electrons. The summed E-state index contributed by atoms with van der Waals surface area (Å²) in [4.78, 5) is 0.